The highest BCUT2D eigenvalue weighted by Crippen LogP contribution is 2.41. The van der Waals surface area contributed by atoms with Crippen LogP contribution in [0.5, 0.6) is 5.75 Å². The Morgan fingerprint density at radius 1 is 0.935 bits per heavy atom. The van der Waals surface area contributed by atoms with E-state index in [9.17, 15) is 8.78 Å². The lowest BCUT2D eigenvalue weighted by Crippen LogP contribution is -2.29. The van der Waals surface area contributed by atoms with Gasteiger partial charge in [-0.1, -0.05) is 30.3 Å². The van der Waals surface area contributed by atoms with Gasteiger partial charge >= 0.3 is 0 Å². The summed E-state index contributed by atoms with van der Waals surface area (Å²) in [4.78, 5) is 0. The Kier molecular flexibility index (Phi) is 7.06. The van der Waals surface area contributed by atoms with Gasteiger partial charge in [0.05, 0.1) is 19.3 Å². The zero-order valence-electron chi connectivity index (χ0n) is 18.3. The summed E-state index contributed by atoms with van der Waals surface area (Å²) in [6.07, 6.45) is 9.49. The van der Waals surface area contributed by atoms with Gasteiger partial charge in [-0.25, -0.2) is 4.39 Å². The van der Waals surface area contributed by atoms with Gasteiger partial charge in [0.25, 0.3) is 0 Å². The molecule has 1 saturated heterocycles. The van der Waals surface area contributed by atoms with E-state index in [0.29, 0.717) is 24.0 Å². The van der Waals surface area contributed by atoms with Crippen molar-refractivity contribution in [1.29, 1.82) is 0 Å². The van der Waals surface area contributed by atoms with Crippen LogP contribution in [0.3, 0.4) is 0 Å². The number of ether oxygens (including phenoxy) is 2. The molecule has 0 aromatic heterocycles. The van der Waals surface area contributed by atoms with E-state index in [1.165, 1.54) is 38.2 Å². The van der Waals surface area contributed by atoms with Gasteiger partial charge in [0.1, 0.15) is 0 Å². The highest BCUT2D eigenvalue weighted by molar-refractivity contribution is 5.65. The van der Waals surface area contributed by atoms with E-state index in [1.807, 2.05) is 24.3 Å². The Labute approximate surface area is 184 Å². The van der Waals surface area contributed by atoms with Gasteiger partial charge in [0, 0.05) is 5.56 Å². The summed E-state index contributed by atoms with van der Waals surface area (Å²) in [6, 6.07) is 10.7. The molecule has 2 fully saturated rings. The average molecular weight is 427 g/mol. The molecule has 0 amide bonds. The second-order valence-electron chi connectivity index (χ2n) is 8.86. The molecule has 166 valence electrons. The number of hydrogen-bond acceptors (Lipinski definition) is 2. The first kappa shape index (κ1) is 22.0. The molecule has 2 aromatic carbocycles. The minimum Gasteiger partial charge on any atom is -0.491 e. The van der Waals surface area contributed by atoms with E-state index < -0.39 is 11.6 Å². The lowest BCUT2D eigenvalue weighted by Gasteiger charge is -2.37. The van der Waals surface area contributed by atoms with Crippen molar-refractivity contribution < 1.29 is 18.3 Å². The van der Waals surface area contributed by atoms with E-state index in [4.69, 9.17) is 9.47 Å². The fourth-order valence-electron chi connectivity index (χ4n) is 5.16. The van der Waals surface area contributed by atoms with Crippen molar-refractivity contribution in [2.45, 2.75) is 51.6 Å². The third-order valence-corrected chi connectivity index (χ3v) is 7.07. The summed E-state index contributed by atoms with van der Waals surface area (Å²) in [7, 11) is 0. The van der Waals surface area contributed by atoms with Gasteiger partial charge in [-0.15, -0.1) is 6.58 Å². The van der Waals surface area contributed by atoms with E-state index >= 15 is 0 Å². The zero-order chi connectivity index (χ0) is 21.8. The maximum absolute atomic E-state index is 14.5. The summed E-state index contributed by atoms with van der Waals surface area (Å²) in [6.45, 7) is 6.79. The molecule has 2 unspecified atom stereocenters. The number of allylic oxidation sites excluding steroid dienone is 1. The summed E-state index contributed by atoms with van der Waals surface area (Å²) in [5, 5.41) is 0. The van der Waals surface area contributed by atoms with Crippen LogP contribution < -0.4 is 4.74 Å². The number of benzene rings is 2. The van der Waals surface area contributed by atoms with Crippen LogP contribution in [-0.4, -0.2) is 13.2 Å². The minimum absolute atomic E-state index is 0.0523. The summed E-state index contributed by atoms with van der Waals surface area (Å²) in [5.74, 6) is 0.261. The maximum atomic E-state index is 14.5. The van der Waals surface area contributed by atoms with Crippen molar-refractivity contribution in [1.82, 2.24) is 0 Å². The third-order valence-electron chi connectivity index (χ3n) is 7.07. The van der Waals surface area contributed by atoms with Crippen LogP contribution in [0.25, 0.3) is 11.1 Å². The number of hydrogen-bond donors (Lipinski definition) is 0. The molecule has 1 saturated carbocycles. The van der Waals surface area contributed by atoms with Crippen molar-refractivity contribution in [2.24, 2.45) is 17.8 Å². The maximum Gasteiger partial charge on any atom is 0.201 e. The fraction of sp³-hybridized carbons (Fsp3) is 0.481. The highest BCUT2D eigenvalue weighted by Gasteiger charge is 2.31. The number of halogens is 2. The Balaban J connectivity index is 1.37. The predicted molar refractivity (Wildman–Crippen MR) is 120 cm³/mol. The summed E-state index contributed by atoms with van der Waals surface area (Å²) >= 11 is 0. The highest BCUT2D eigenvalue weighted by atomic mass is 19.2. The Morgan fingerprint density at radius 3 is 2.26 bits per heavy atom. The molecule has 4 heteroatoms. The van der Waals surface area contributed by atoms with E-state index in [0.717, 1.165) is 24.5 Å². The smallest absolute Gasteiger partial charge is 0.201 e. The van der Waals surface area contributed by atoms with Crippen molar-refractivity contribution >= 4 is 0 Å². The van der Waals surface area contributed by atoms with Gasteiger partial charge in [-0.2, -0.15) is 4.39 Å². The van der Waals surface area contributed by atoms with Gasteiger partial charge in [-0.05, 0) is 86.5 Å². The van der Waals surface area contributed by atoms with Crippen LogP contribution in [0.2, 0.25) is 0 Å². The van der Waals surface area contributed by atoms with Crippen LogP contribution in [0.4, 0.5) is 8.78 Å². The van der Waals surface area contributed by atoms with E-state index in [2.05, 4.69) is 12.7 Å². The largest absolute Gasteiger partial charge is 0.491 e. The normalized spacial score (nSPS) is 26.4. The first-order valence-electron chi connectivity index (χ1n) is 11.6. The Hall–Kier alpha value is -2.20. The van der Waals surface area contributed by atoms with E-state index in [1.54, 1.807) is 13.0 Å². The quantitative estimate of drug-likeness (QED) is 0.446. The molecule has 2 aliphatic rings. The molecule has 1 aliphatic carbocycles. The summed E-state index contributed by atoms with van der Waals surface area (Å²) < 4.78 is 40.1. The van der Waals surface area contributed by atoms with Gasteiger partial charge in [-0.3, -0.25) is 0 Å². The van der Waals surface area contributed by atoms with Crippen molar-refractivity contribution in [2.75, 3.05) is 13.2 Å². The topological polar surface area (TPSA) is 18.5 Å². The minimum atomic E-state index is -0.938. The molecule has 1 aliphatic heterocycles. The standard InChI is InChI=1S/C27H32F2O2/c1-3-18-5-7-19(8-6-18)22-13-15-24(31-17-22)21-11-9-20(10-12-21)23-14-16-25(30-4-2)27(29)26(23)28/h3,9-12,14,16,18-19,22,24H,1,4-8,13,15,17H2,2H3. The zero-order valence-corrected chi connectivity index (χ0v) is 18.3. The van der Waals surface area contributed by atoms with Crippen molar-refractivity contribution in [3.63, 3.8) is 0 Å². The molecule has 0 N–H and O–H groups in total. The second-order valence-corrected chi connectivity index (χ2v) is 8.86. The molecule has 4 rings (SSSR count). The summed E-state index contributed by atoms with van der Waals surface area (Å²) in [5.41, 5.74) is 1.99. The molecule has 1 heterocycles. The molecule has 0 spiro atoms. The van der Waals surface area contributed by atoms with Crippen LogP contribution in [0.1, 0.15) is 57.1 Å². The van der Waals surface area contributed by atoms with Gasteiger partial charge in [0.2, 0.25) is 5.82 Å². The van der Waals surface area contributed by atoms with Crippen LogP contribution in [-0.2, 0) is 4.74 Å². The Morgan fingerprint density at radius 2 is 1.65 bits per heavy atom. The second kappa shape index (κ2) is 9.95. The molecular formula is C27H32F2O2. The van der Waals surface area contributed by atoms with Crippen molar-refractivity contribution in [3.05, 3.63) is 66.3 Å². The lowest BCUT2D eigenvalue weighted by molar-refractivity contribution is -0.0395. The third kappa shape index (κ3) is 4.85. The van der Waals surface area contributed by atoms with Crippen LogP contribution >= 0.6 is 0 Å². The van der Waals surface area contributed by atoms with E-state index in [-0.39, 0.29) is 17.4 Å². The van der Waals surface area contributed by atoms with Crippen LogP contribution in [0, 0.1) is 29.4 Å². The van der Waals surface area contributed by atoms with Gasteiger partial charge in [0.15, 0.2) is 11.6 Å². The molecule has 2 aromatic rings. The monoisotopic (exact) mass is 426 g/mol. The predicted octanol–water partition coefficient (Wildman–Crippen LogP) is 7.49. The van der Waals surface area contributed by atoms with Gasteiger partial charge < -0.3 is 9.47 Å². The molecule has 2 atom stereocenters. The molecule has 31 heavy (non-hydrogen) atoms. The fourth-order valence-corrected chi connectivity index (χ4v) is 5.16. The molecular weight excluding hydrogens is 394 g/mol. The molecule has 0 bridgehead atoms. The SMILES string of the molecule is C=CC1CCC(C2CCC(c3ccc(-c4ccc(OCC)c(F)c4F)cc3)OC2)CC1. The lowest BCUT2D eigenvalue weighted by atomic mass is 9.73. The first-order valence-corrected chi connectivity index (χ1v) is 11.6. The average Bonchev–Trinajstić information content (AvgIpc) is 2.83. The van der Waals surface area contributed by atoms with Crippen molar-refractivity contribution in [3.8, 4) is 16.9 Å². The van der Waals surface area contributed by atoms with Crippen LogP contribution in [0.15, 0.2) is 49.1 Å². The molecule has 2 nitrogen and oxygen atoms in total. The first-order chi connectivity index (χ1) is 15.1. The Bertz CT molecular complexity index is 877. The number of rotatable bonds is 6. The molecule has 0 radical (unpaired) electrons.